The fourth-order valence-electron chi connectivity index (χ4n) is 3.60. The summed E-state index contributed by atoms with van der Waals surface area (Å²) in [5.74, 6) is 2.06. The molecule has 114 valence electrons. The van der Waals surface area contributed by atoms with Crippen LogP contribution in [0.5, 0.6) is 0 Å². The van der Waals surface area contributed by atoms with Gasteiger partial charge in [-0.2, -0.15) is 0 Å². The van der Waals surface area contributed by atoms with E-state index < -0.39 is 0 Å². The van der Waals surface area contributed by atoms with Crippen LogP contribution in [0.2, 0.25) is 0 Å². The van der Waals surface area contributed by atoms with E-state index in [0.29, 0.717) is 12.5 Å². The normalized spacial score (nSPS) is 22.2. The lowest BCUT2D eigenvalue weighted by Crippen LogP contribution is -2.38. The number of aromatic nitrogens is 2. The van der Waals surface area contributed by atoms with Crippen molar-refractivity contribution in [1.29, 1.82) is 0 Å². The molecule has 0 bridgehead atoms. The van der Waals surface area contributed by atoms with Gasteiger partial charge in [-0.15, -0.1) is 0 Å². The van der Waals surface area contributed by atoms with E-state index in [0.717, 1.165) is 45.4 Å². The van der Waals surface area contributed by atoms with Crippen molar-refractivity contribution in [3.63, 3.8) is 0 Å². The maximum Gasteiger partial charge on any atom is 0.242 e. The van der Waals surface area contributed by atoms with Gasteiger partial charge in [0.1, 0.15) is 12.4 Å². The molecule has 0 aromatic carbocycles. The lowest BCUT2D eigenvalue weighted by Gasteiger charge is -2.27. The molecule has 4 rings (SSSR count). The van der Waals surface area contributed by atoms with Crippen LogP contribution in [0.15, 0.2) is 0 Å². The molecule has 1 aromatic heterocycles. The predicted octanol–water partition coefficient (Wildman–Crippen LogP) is 1.42. The first-order valence-electron chi connectivity index (χ1n) is 8.39. The third-order valence-electron chi connectivity index (χ3n) is 4.96. The molecular formula is C16H24N4O. The van der Waals surface area contributed by atoms with Crippen LogP contribution in [-0.4, -0.2) is 40.0 Å². The van der Waals surface area contributed by atoms with Crippen molar-refractivity contribution in [2.75, 3.05) is 19.6 Å². The topological polar surface area (TPSA) is 50.2 Å². The Kier molecular flexibility index (Phi) is 3.45. The second-order valence-corrected chi connectivity index (χ2v) is 6.59. The van der Waals surface area contributed by atoms with Gasteiger partial charge in [0.2, 0.25) is 5.91 Å². The number of nitrogens with one attached hydrogen (secondary N) is 1. The lowest BCUT2D eigenvalue weighted by molar-refractivity contribution is -0.132. The molecule has 3 aliphatic rings. The van der Waals surface area contributed by atoms with E-state index in [1.165, 1.54) is 36.5 Å². The van der Waals surface area contributed by atoms with E-state index in [-0.39, 0.29) is 5.91 Å². The predicted molar refractivity (Wildman–Crippen MR) is 80.0 cm³/mol. The first-order valence-corrected chi connectivity index (χ1v) is 8.39. The van der Waals surface area contributed by atoms with Crippen molar-refractivity contribution in [3.8, 4) is 0 Å². The molecular weight excluding hydrogens is 264 g/mol. The van der Waals surface area contributed by atoms with E-state index in [1.807, 2.05) is 4.90 Å². The van der Waals surface area contributed by atoms with E-state index in [9.17, 15) is 4.79 Å². The number of likely N-dealkylation sites (tertiary alicyclic amines) is 1. The number of amides is 1. The van der Waals surface area contributed by atoms with Crippen LogP contribution >= 0.6 is 0 Å². The SMILES string of the molecule is O=C(Cn1c(C2CC2)nc2c1CCNC2)N1CCCCC1. The summed E-state index contributed by atoms with van der Waals surface area (Å²) >= 11 is 0. The molecule has 1 saturated carbocycles. The molecule has 3 heterocycles. The maximum atomic E-state index is 12.6. The average Bonchev–Trinajstić information content (AvgIpc) is 3.32. The van der Waals surface area contributed by atoms with Crippen molar-refractivity contribution in [2.24, 2.45) is 0 Å². The molecule has 2 aliphatic heterocycles. The molecule has 0 spiro atoms. The second kappa shape index (κ2) is 5.44. The number of fused-ring (bicyclic) bond motifs is 1. The average molecular weight is 288 g/mol. The highest BCUT2D eigenvalue weighted by molar-refractivity contribution is 5.76. The van der Waals surface area contributed by atoms with Crippen LogP contribution in [0.1, 0.15) is 55.2 Å². The smallest absolute Gasteiger partial charge is 0.242 e. The highest BCUT2D eigenvalue weighted by Crippen LogP contribution is 2.40. The number of carbonyl (C=O) groups is 1. The number of nitrogens with zero attached hydrogens (tertiary/aromatic N) is 3. The molecule has 0 radical (unpaired) electrons. The molecule has 1 amide bonds. The second-order valence-electron chi connectivity index (χ2n) is 6.59. The van der Waals surface area contributed by atoms with Gasteiger partial charge < -0.3 is 14.8 Å². The number of hydrogen-bond donors (Lipinski definition) is 1. The fourth-order valence-corrected chi connectivity index (χ4v) is 3.60. The zero-order valence-electron chi connectivity index (χ0n) is 12.6. The van der Waals surface area contributed by atoms with Crippen LogP contribution in [0.4, 0.5) is 0 Å². The Hall–Kier alpha value is -1.36. The van der Waals surface area contributed by atoms with Gasteiger partial charge in [0, 0.05) is 44.2 Å². The number of piperidine rings is 1. The zero-order chi connectivity index (χ0) is 14.2. The van der Waals surface area contributed by atoms with E-state index >= 15 is 0 Å². The minimum atomic E-state index is 0.287. The molecule has 1 aliphatic carbocycles. The van der Waals surface area contributed by atoms with Crippen LogP contribution in [0.3, 0.4) is 0 Å². The largest absolute Gasteiger partial charge is 0.341 e. The molecule has 1 N–H and O–H groups in total. The summed E-state index contributed by atoms with van der Waals surface area (Å²) in [5, 5.41) is 3.39. The summed E-state index contributed by atoms with van der Waals surface area (Å²) in [7, 11) is 0. The number of imidazole rings is 1. The monoisotopic (exact) mass is 288 g/mol. The van der Waals surface area contributed by atoms with Crippen molar-refractivity contribution < 1.29 is 4.79 Å². The number of rotatable bonds is 3. The Morgan fingerprint density at radius 2 is 2.05 bits per heavy atom. The fraction of sp³-hybridized carbons (Fsp3) is 0.750. The molecule has 2 fully saturated rings. The van der Waals surface area contributed by atoms with Gasteiger partial charge in [0.15, 0.2) is 0 Å². The molecule has 21 heavy (non-hydrogen) atoms. The molecule has 1 saturated heterocycles. The summed E-state index contributed by atoms with van der Waals surface area (Å²) in [6.45, 7) is 4.25. The summed E-state index contributed by atoms with van der Waals surface area (Å²) < 4.78 is 2.25. The van der Waals surface area contributed by atoms with E-state index in [4.69, 9.17) is 4.98 Å². The Balaban J connectivity index is 1.58. The Morgan fingerprint density at radius 1 is 1.24 bits per heavy atom. The van der Waals surface area contributed by atoms with Crippen LogP contribution in [0, 0.1) is 0 Å². The minimum absolute atomic E-state index is 0.287. The van der Waals surface area contributed by atoms with E-state index in [1.54, 1.807) is 0 Å². The molecule has 0 unspecified atom stereocenters. The lowest BCUT2D eigenvalue weighted by atomic mass is 10.1. The Labute approximate surface area is 125 Å². The van der Waals surface area contributed by atoms with Crippen LogP contribution in [-0.2, 0) is 24.3 Å². The van der Waals surface area contributed by atoms with Gasteiger partial charge in [0.25, 0.3) is 0 Å². The summed E-state index contributed by atoms with van der Waals surface area (Å²) in [6, 6.07) is 0. The Morgan fingerprint density at radius 3 is 2.81 bits per heavy atom. The zero-order valence-corrected chi connectivity index (χ0v) is 12.6. The highest BCUT2D eigenvalue weighted by atomic mass is 16.2. The molecule has 5 heteroatoms. The summed E-state index contributed by atoms with van der Waals surface area (Å²) in [6.07, 6.45) is 7.06. The maximum absolute atomic E-state index is 12.6. The van der Waals surface area contributed by atoms with Gasteiger partial charge >= 0.3 is 0 Å². The third kappa shape index (κ3) is 2.59. The Bertz CT molecular complexity index is 541. The molecule has 1 aromatic rings. The van der Waals surface area contributed by atoms with Crippen LogP contribution < -0.4 is 5.32 Å². The quantitative estimate of drug-likeness (QED) is 0.915. The van der Waals surface area contributed by atoms with Crippen molar-refractivity contribution in [3.05, 3.63) is 17.2 Å². The molecule has 5 nitrogen and oxygen atoms in total. The minimum Gasteiger partial charge on any atom is -0.341 e. The van der Waals surface area contributed by atoms with Gasteiger partial charge in [-0.05, 0) is 32.1 Å². The van der Waals surface area contributed by atoms with Gasteiger partial charge in [0.05, 0.1) is 5.69 Å². The molecule has 0 atom stereocenters. The summed E-state index contributed by atoms with van der Waals surface area (Å²) in [4.78, 5) is 19.5. The number of hydrogen-bond acceptors (Lipinski definition) is 3. The van der Waals surface area contributed by atoms with Crippen molar-refractivity contribution >= 4 is 5.91 Å². The van der Waals surface area contributed by atoms with E-state index in [2.05, 4.69) is 9.88 Å². The van der Waals surface area contributed by atoms with Gasteiger partial charge in [-0.25, -0.2) is 4.98 Å². The third-order valence-corrected chi connectivity index (χ3v) is 4.96. The van der Waals surface area contributed by atoms with Gasteiger partial charge in [-0.1, -0.05) is 0 Å². The van der Waals surface area contributed by atoms with Crippen molar-refractivity contribution in [2.45, 2.75) is 57.5 Å². The number of carbonyl (C=O) groups excluding carboxylic acids is 1. The first kappa shape index (κ1) is 13.3. The van der Waals surface area contributed by atoms with Crippen LogP contribution in [0.25, 0.3) is 0 Å². The highest BCUT2D eigenvalue weighted by Gasteiger charge is 2.32. The summed E-state index contributed by atoms with van der Waals surface area (Å²) in [5.41, 5.74) is 2.48. The first-order chi connectivity index (χ1) is 10.3. The van der Waals surface area contributed by atoms with Gasteiger partial charge in [-0.3, -0.25) is 4.79 Å². The van der Waals surface area contributed by atoms with Crippen molar-refractivity contribution in [1.82, 2.24) is 19.8 Å². The standard InChI is InChI=1S/C16H24N4O/c21-15(19-8-2-1-3-9-19)11-20-14-6-7-17-10-13(14)18-16(20)12-4-5-12/h12,17H,1-11H2.